The predicted octanol–water partition coefficient (Wildman–Crippen LogP) is 9.78. The van der Waals surface area contributed by atoms with Gasteiger partial charge in [-0.2, -0.15) is 0 Å². The predicted molar refractivity (Wildman–Crippen MR) is 186 cm³/mol. The van der Waals surface area contributed by atoms with Crippen molar-refractivity contribution in [2.24, 2.45) is 0 Å². The standard InChI is InChI=1S/C34H57N6.C4H5.Mn/c1-7-13-19-28-25-31(22-16-10-4)38(35-28)34(39-32(23-17-11-5)26-29(36-39)20-14-8-2)40-33(24-18-12-6)27-30(37-40)21-15-9-3;1-3-4-2;/h25-27H,7-24H2,1-6H3;1,3-4H,2H2;. The van der Waals surface area contributed by atoms with E-state index in [0.717, 1.165) is 116 Å². The van der Waals surface area contributed by atoms with E-state index >= 15 is 0 Å². The summed E-state index contributed by atoms with van der Waals surface area (Å²) in [4.78, 5) is 2.29. The monoisotopic (exact) mass is 657 g/mol. The molecule has 7 heteroatoms. The van der Waals surface area contributed by atoms with E-state index in [4.69, 9.17) is 15.3 Å². The van der Waals surface area contributed by atoms with E-state index in [0.29, 0.717) is 0 Å². The van der Waals surface area contributed by atoms with Crippen LogP contribution in [0.15, 0.2) is 41.9 Å². The van der Waals surface area contributed by atoms with Gasteiger partial charge in [0.05, 0.1) is 0 Å². The third kappa shape index (κ3) is 9.81. The third-order valence-corrected chi connectivity index (χ3v) is 10.1. The zero-order chi connectivity index (χ0) is 32.5. The molecular weight excluding hydrogens is 595 g/mol. The van der Waals surface area contributed by atoms with Crippen molar-refractivity contribution in [1.29, 1.82) is 0 Å². The fraction of sp³-hybridized carbons (Fsp3) is 0.658. The average Bonchev–Trinajstić information content (AvgIpc) is 3.78. The van der Waals surface area contributed by atoms with Crippen molar-refractivity contribution in [2.45, 2.75) is 162 Å². The second-order valence-electron chi connectivity index (χ2n) is 12.5. The molecule has 0 amide bonds. The van der Waals surface area contributed by atoms with Gasteiger partial charge < -0.3 is 0 Å². The molecule has 0 saturated carbocycles. The molecule has 0 aromatic carbocycles. The summed E-state index contributed by atoms with van der Waals surface area (Å²) >= 11 is 0.289. The zero-order valence-electron chi connectivity index (χ0n) is 29.5. The number of hydrogen-bond donors (Lipinski definition) is 0. The van der Waals surface area contributed by atoms with Crippen LogP contribution in [0.2, 0.25) is 0 Å². The Bertz CT molecular complexity index is 1150. The molecule has 6 nitrogen and oxygen atoms in total. The zero-order valence-corrected chi connectivity index (χ0v) is 30.6. The molecule has 0 saturated heterocycles. The van der Waals surface area contributed by atoms with Gasteiger partial charge in [0.25, 0.3) is 0 Å². The molecular formula is C38H62MnN6. The molecule has 0 atom stereocenters. The van der Waals surface area contributed by atoms with Crippen molar-refractivity contribution in [1.82, 2.24) is 29.3 Å². The van der Waals surface area contributed by atoms with Crippen LogP contribution in [0.25, 0.3) is 0 Å². The van der Waals surface area contributed by atoms with Gasteiger partial charge in [-0.25, -0.2) is 0 Å². The first-order valence-corrected chi connectivity index (χ1v) is 19.5. The van der Waals surface area contributed by atoms with E-state index in [9.17, 15) is 0 Å². The van der Waals surface area contributed by atoms with Gasteiger partial charge in [-0.15, -0.1) is 0 Å². The van der Waals surface area contributed by atoms with Crippen molar-refractivity contribution in [3.8, 4) is 0 Å². The van der Waals surface area contributed by atoms with Crippen LogP contribution < -0.4 is 0 Å². The molecule has 0 aliphatic heterocycles. The summed E-state index contributed by atoms with van der Waals surface area (Å²) in [5.74, 6) is 0. The first kappa shape index (κ1) is 37.1. The fourth-order valence-corrected chi connectivity index (χ4v) is 7.45. The van der Waals surface area contributed by atoms with Gasteiger partial charge in [0.2, 0.25) is 0 Å². The van der Waals surface area contributed by atoms with Gasteiger partial charge in [-0.3, -0.25) is 0 Å². The first-order valence-electron chi connectivity index (χ1n) is 18.2. The van der Waals surface area contributed by atoms with Crippen LogP contribution in [-0.4, -0.2) is 29.3 Å². The Morgan fingerprint density at radius 1 is 0.556 bits per heavy atom. The van der Waals surface area contributed by atoms with Crippen LogP contribution in [0.3, 0.4) is 0 Å². The SMILES string of the molecule is C=CC=[CH][Mn][C](n1nc(CCCC)cc1CCCC)(n1nc(CCCC)cc1CCCC)n1nc(CCCC)cc1CCCC. The van der Waals surface area contributed by atoms with E-state index < -0.39 is 4.69 Å². The number of hydrogen-bond acceptors (Lipinski definition) is 3. The Labute approximate surface area is 281 Å². The number of rotatable bonds is 24. The van der Waals surface area contributed by atoms with Crippen LogP contribution >= 0.6 is 0 Å². The minimum absolute atomic E-state index is 0.289. The summed E-state index contributed by atoms with van der Waals surface area (Å²) < 4.78 is 6.38. The van der Waals surface area contributed by atoms with Crippen molar-refractivity contribution in [2.75, 3.05) is 0 Å². The van der Waals surface area contributed by atoms with Gasteiger partial charge in [0, 0.05) is 0 Å². The maximum absolute atomic E-state index is 5.53. The van der Waals surface area contributed by atoms with Crippen LogP contribution in [0.4, 0.5) is 0 Å². The van der Waals surface area contributed by atoms with Crippen LogP contribution in [-0.2, 0) is 58.2 Å². The molecule has 3 aromatic heterocycles. The minimum atomic E-state index is -0.738. The van der Waals surface area contributed by atoms with E-state index in [-0.39, 0.29) is 15.0 Å². The van der Waals surface area contributed by atoms with E-state index in [1.54, 1.807) is 0 Å². The van der Waals surface area contributed by atoms with Crippen molar-refractivity contribution >= 4 is 0 Å². The number of allylic oxidation sites excluding steroid dienone is 2. The number of aryl methyl sites for hydroxylation is 6. The molecule has 3 heterocycles. The molecule has 0 radical (unpaired) electrons. The molecule has 0 unspecified atom stereocenters. The van der Waals surface area contributed by atoms with Gasteiger partial charge in [-0.1, -0.05) is 0 Å². The average molecular weight is 658 g/mol. The number of aromatic nitrogens is 6. The number of unbranched alkanes of at least 4 members (excludes halogenated alkanes) is 6. The summed E-state index contributed by atoms with van der Waals surface area (Å²) in [6, 6.07) is 7.17. The van der Waals surface area contributed by atoms with Crippen LogP contribution in [0.5, 0.6) is 0 Å². The first-order chi connectivity index (χ1) is 22.0. The molecule has 3 rings (SSSR count). The molecule has 251 valence electrons. The van der Waals surface area contributed by atoms with E-state index in [2.05, 4.69) is 91.4 Å². The second kappa shape index (κ2) is 20.0. The summed E-state index contributed by atoms with van der Waals surface area (Å²) in [5, 5.41) is 16.6. The molecule has 0 fully saturated rings. The van der Waals surface area contributed by atoms with Gasteiger partial charge in [0.1, 0.15) is 0 Å². The normalized spacial score (nSPS) is 12.1. The van der Waals surface area contributed by atoms with Crippen molar-refractivity contribution < 1.29 is 15.0 Å². The molecule has 3 aromatic rings. The number of nitrogens with zero attached hydrogens (tertiary/aromatic N) is 6. The Hall–Kier alpha value is -2.37. The molecule has 0 aliphatic rings. The Morgan fingerprint density at radius 2 is 0.867 bits per heavy atom. The molecule has 0 aliphatic carbocycles. The fourth-order valence-electron chi connectivity index (χ4n) is 5.79. The van der Waals surface area contributed by atoms with Crippen molar-refractivity contribution in [3.05, 3.63) is 76.1 Å². The topological polar surface area (TPSA) is 53.5 Å². The van der Waals surface area contributed by atoms with E-state index in [1.807, 2.05) is 6.08 Å². The van der Waals surface area contributed by atoms with Crippen molar-refractivity contribution in [3.63, 3.8) is 0 Å². The summed E-state index contributed by atoms with van der Waals surface area (Å²) in [6.07, 6.45) is 23.7. The van der Waals surface area contributed by atoms with Gasteiger partial charge in [-0.05, 0) is 0 Å². The van der Waals surface area contributed by atoms with Crippen LogP contribution in [0, 0.1) is 0 Å². The summed E-state index contributed by atoms with van der Waals surface area (Å²) in [6.45, 7) is 17.7. The molecule has 0 bridgehead atoms. The third-order valence-electron chi connectivity index (χ3n) is 8.45. The Balaban J connectivity index is 2.48. The van der Waals surface area contributed by atoms with Gasteiger partial charge in [0.15, 0.2) is 0 Å². The van der Waals surface area contributed by atoms with Gasteiger partial charge >= 0.3 is 282 Å². The van der Waals surface area contributed by atoms with E-state index in [1.165, 1.54) is 34.2 Å². The molecule has 0 N–H and O–H groups in total. The molecule has 0 spiro atoms. The Kier molecular flexibility index (Phi) is 16.5. The Morgan fingerprint density at radius 3 is 1.16 bits per heavy atom. The summed E-state index contributed by atoms with van der Waals surface area (Å²) in [5.41, 5.74) is 7.44. The summed E-state index contributed by atoms with van der Waals surface area (Å²) in [7, 11) is 0. The quantitative estimate of drug-likeness (QED) is 0.0712. The second-order valence-corrected chi connectivity index (χ2v) is 14.0. The van der Waals surface area contributed by atoms with Crippen LogP contribution in [0.1, 0.15) is 153 Å². The maximum atomic E-state index is 5.53. The molecule has 45 heavy (non-hydrogen) atoms.